The Morgan fingerprint density at radius 2 is 2.04 bits per heavy atom. The van der Waals surface area contributed by atoms with Gasteiger partial charge in [-0.3, -0.25) is 14.4 Å². The van der Waals surface area contributed by atoms with Gasteiger partial charge in [-0.2, -0.15) is 20.3 Å². The van der Waals surface area contributed by atoms with Crippen molar-refractivity contribution in [1.82, 2.24) is 29.5 Å². The number of aromatic nitrogens is 4. The number of carbonyl (C=O) groups excluding carboxylic acids is 1. The molecule has 4 aromatic rings. The average molecular weight is 686 g/mol. The normalized spacial score (nSPS) is 23.8. The number of hydrogen-bond donors (Lipinski definition) is 1. The van der Waals surface area contributed by atoms with Crippen LogP contribution in [-0.4, -0.2) is 81.8 Å². The van der Waals surface area contributed by atoms with Crippen molar-refractivity contribution in [3.63, 3.8) is 0 Å². The van der Waals surface area contributed by atoms with E-state index in [0.717, 1.165) is 66.5 Å². The summed E-state index contributed by atoms with van der Waals surface area (Å²) >= 11 is 1.08. The molecule has 4 atom stereocenters. The number of rotatable bonds is 5. The SMILES string of the molecule is CN(C)C(=O)c1cc2n(n1)CCCN(c1nc(OC3CCCC4CCN(C)C43)nc3c1COC(c1ccc(F)c4sc(N)c(C#N)c14)C3)C2. The van der Waals surface area contributed by atoms with Gasteiger partial charge in [0.25, 0.3) is 5.91 Å². The molecule has 1 aromatic carbocycles. The first-order valence-electron chi connectivity index (χ1n) is 17.0. The Bertz CT molecular complexity index is 1980. The van der Waals surface area contributed by atoms with Crippen molar-refractivity contribution in [2.75, 3.05) is 44.9 Å². The maximum absolute atomic E-state index is 14.9. The minimum absolute atomic E-state index is 0.0124. The Hall–Kier alpha value is -4.32. The van der Waals surface area contributed by atoms with E-state index < -0.39 is 11.9 Å². The molecular formula is C35H40FN9O3S. The highest BCUT2D eigenvalue weighted by Crippen LogP contribution is 2.44. The first kappa shape index (κ1) is 31.9. The van der Waals surface area contributed by atoms with Gasteiger partial charge in [0.15, 0.2) is 5.69 Å². The lowest BCUT2D eigenvalue weighted by Gasteiger charge is -2.37. The second-order valence-electron chi connectivity index (χ2n) is 13.9. The molecule has 8 rings (SSSR count). The van der Waals surface area contributed by atoms with E-state index in [1.807, 2.05) is 10.7 Å². The summed E-state index contributed by atoms with van der Waals surface area (Å²) in [4.78, 5) is 29.1. The molecule has 1 saturated carbocycles. The van der Waals surface area contributed by atoms with Crippen molar-refractivity contribution in [2.45, 2.75) is 76.5 Å². The van der Waals surface area contributed by atoms with E-state index in [-0.39, 0.29) is 24.2 Å². The van der Waals surface area contributed by atoms with Gasteiger partial charge in [-0.15, -0.1) is 11.3 Å². The number of nitrogens with two attached hydrogens (primary N) is 1. The molecule has 1 saturated heterocycles. The van der Waals surface area contributed by atoms with Crippen LogP contribution < -0.4 is 15.4 Å². The lowest BCUT2D eigenvalue weighted by atomic mass is 9.83. The molecule has 4 aliphatic rings. The van der Waals surface area contributed by atoms with Crippen LogP contribution in [0.4, 0.5) is 15.2 Å². The largest absolute Gasteiger partial charge is 0.458 e. The summed E-state index contributed by atoms with van der Waals surface area (Å²) < 4.78 is 30.5. The first-order valence-corrected chi connectivity index (χ1v) is 17.8. The molecule has 4 unspecified atom stereocenters. The Kier molecular flexibility index (Phi) is 8.16. The van der Waals surface area contributed by atoms with Gasteiger partial charge in [0, 0.05) is 50.6 Å². The van der Waals surface area contributed by atoms with E-state index in [1.54, 1.807) is 20.2 Å². The summed E-state index contributed by atoms with van der Waals surface area (Å²) in [6.07, 6.45) is 5.18. The van der Waals surface area contributed by atoms with Gasteiger partial charge in [0.1, 0.15) is 28.8 Å². The Balaban J connectivity index is 1.18. The number of benzene rings is 1. The second-order valence-corrected chi connectivity index (χ2v) is 14.9. The van der Waals surface area contributed by atoms with Crippen molar-refractivity contribution in [3.05, 3.63) is 57.8 Å². The van der Waals surface area contributed by atoms with Crippen LogP contribution in [0.25, 0.3) is 10.1 Å². The average Bonchev–Trinajstić information content (AvgIpc) is 3.74. The molecule has 0 spiro atoms. The van der Waals surface area contributed by atoms with E-state index in [9.17, 15) is 14.4 Å². The number of aryl methyl sites for hydroxylation is 1. The van der Waals surface area contributed by atoms with Crippen molar-refractivity contribution in [3.8, 4) is 12.1 Å². The molecule has 14 heteroatoms. The lowest BCUT2D eigenvalue weighted by Crippen LogP contribution is -2.46. The summed E-state index contributed by atoms with van der Waals surface area (Å²) in [7, 11) is 5.63. The third kappa shape index (κ3) is 5.57. The number of fused-ring (bicyclic) bond motifs is 4. The predicted molar refractivity (Wildman–Crippen MR) is 183 cm³/mol. The smallest absolute Gasteiger partial charge is 0.318 e. The number of nitrogen functional groups attached to an aromatic ring is 1. The summed E-state index contributed by atoms with van der Waals surface area (Å²) in [6.45, 7) is 3.21. The van der Waals surface area contributed by atoms with Crippen LogP contribution in [-0.2, 0) is 30.9 Å². The van der Waals surface area contributed by atoms with Gasteiger partial charge in [-0.1, -0.05) is 6.07 Å². The van der Waals surface area contributed by atoms with Gasteiger partial charge in [-0.05, 0) is 69.3 Å². The predicted octanol–water partition coefficient (Wildman–Crippen LogP) is 4.66. The van der Waals surface area contributed by atoms with E-state index in [4.69, 9.17) is 25.2 Å². The number of thiophene rings is 1. The fourth-order valence-corrected chi connectivity index (χ4v) is 9.24. The lowest BCUT2D eigenvalue weighted by molar-refractivity contribution is 0.0245. The zero-order valence-electron chi connectivity index (χ0n) is 28.0. The topological polar surface area (TPSA) is 139 Å². The summed E-state index contributed by atoms with van der Waals surface area (Å²) in [5, 5.41) is 15.3. The number of likely N-dealkylation sites (N-methyl/N-ethyl adjacent to an activating group) is 1. The Morgan fingerprint density at radius 3 is 2.86 bits per heavy atom. The number of hydrogen-bond acceptors (Lipinski definition) is 11. The molecule has 1 aliphatic carbocycles. The van der Waals surface area contributed by atoms with Crippen LogP contribution in [0, 0.1) is 23.1 Å². The molecule has 256 valence electrons. The summed E-state index contributed by atoms with van der Waals surface area (Å²) in [5.74, 6) is 0.817. The third-order valence-corrected chi connectivity index (χ3v) is 11.7. The quantitative estimate of drug-likeness (QED) is 0.316. The van der Waals surface area contributed by atoms with Crippen LogP contribution in [0.1, 0.15) is 76.8 Å². The number of nitrogens with zero attached hydrogens (tertiary/aromatic N) is 8. The van der Waals surface area contributed by atoms with Crippen molar-refractivity contribution in [2.24, 2.45) is 5.92 Å². The fraction of sp³-hybridized carbons (Fsp3) is 0.514. The summed E-state index contributed by atoms with van der Waals surface area (Å²) in [6, 6.07) is 7.84. The highest BCUT2D eigenvalue weighted by molar-refractivity contribution is 7.23. The van der Waals surface area contributed by atoms with Crippen molar-refractivity contribution < 1.29 is 18.7 Å². The maximum atomic E-state index is 14.9. The number of carbonyl (C=O) groups is 1. The van der Waals surface area contributed by atoms with E-state index >= 15 is 0 Å². The molecule has 3 aliphatic heterocycles. The Labute approximate surface area is 288 Å². The van der Waals surface area contributed by atoms with E-state index in [2.05, 4.69) is 28.0 Å². The molecule has 1 amide bonds. The number of anilines is 2. The zero-order chi connectivity index (χ0) is 34.0. The first-order chi connectivity index (χ1) is 23.7. The van der Waals surface area contributed by atoms with Gasteiger partial charge < -0.3 is 25.0 Å². The van der Waals surface area contributed by atoms with Gasteiger partial charge in [-0.25, -0.2) is 4.39 Å². The van der Waals surface area contributed by atoms with Crippen LogP contribution in [0.2, 0.25) is 0 Å². The molecule has 2 N–H and O–H groups in total. The van der Waals surface area contributed by atoms with Crippen molar-refractivity contribution in [1.29, 1.82) is 5.26 Å². The zero-order valence-corrected chi connectivity index (χ0v) is 28.8. The van der Waals surface area contributed by atoms with Crippen LogP contribution >= 0.6 is 11.3 Å². The fourth-order valence-electron chi connectivity index (χ4n) is 8.28. The highest BCUT2D eigenvalue weighted by atomic mass is 32.1. The van der Waals surface area contributed by atoms with E-state index in [0.29, 0.717) is 63.8 Å². The molecular weight excluding hydrogens is 646 g/mol. The minimum atomic E-state index is -0.475. The molecule has 6 heterocycles. The van der Waals surface area contributed by atoms with Crippen molar-refractivity contribution >= 4 is 38.1 Å². The van der Waals surface area contributed by atoms with Gasteiger partial charge >= 0.3 is 6.01 Å². The van der Waals surface area contributed by atoms with Crippen LogP contribution in [0.15, 0.2) is 18.2 Å². The van der Waals surface area contributed by atoms with Crippen LogP contribution in [0.5, 0.6) is 6.01 Å². The standard InChI is InChI=1S/C35H40FN9O3S/c1-42(2)34(46)26-14-20-17-44(11-5-12-45(20)41-26)33-23-18-47-28(21-8-9-24(36)31-29(21)22(16-37)32(38)49-31)15-25(23)39-35(40-33)48-27-7-4-6-19-10-13-43(3)30(19)27/h8-9,14,19,27-28,30H,4-7,10-13,15,17-18,38H2,1-3H3. The number of nitriles is 1. The van der Waals surface area contributed by atoms with Crippen LogP contribution in [0.3, 0.4) is 0 Å². The number of ether oxygens (including phenoxy) is 2. The van der Waals surface area contributed by atoms with Gasteiger partial charge in [0.05, 0.1) is 40.9 Å². The minimum Gasteiger partial charge on any atom is -0.458 e. The number of likely N-dealkylation sites (tertiary alicyclic amines) is 1. The molecule has 2 fully saturated rings. The second kappa shape index (κ2) is 12.5. The molecule has 12 nitrogen and oxygen atoms in total. The number of amides is 1. The third-order valence-electron chi connectivity index (χ3n) is 10.7. The van der Waals surface area contributed by atoms with E-state index in [1.165, 1.54) is 23.8 Å². The molecule has 0 bridgehead atoms. The Morgan fingerprint density at radius 1 is 1.18 bits per heavy atom. The molecule has 3 aromatic heterocycles. The maximum Gasteiger partial charge on any atom is 0.318 e. The number of halogens is 1. The molecule has 0 radical (unpaired) electrons. The summed E-state index contributed by atoms with van der Waals surface area (Å²) in [5.41, 5.74) is 10.2. The monoisotopic (exact) mass is 685 g/mol. The molecule has 49 heavy (non-hydrogen) atoms. The van der Waals surface area contributed by atoms with Gasteiger partial charge in [0.2, 0.25) is 0 Å². The highest BCUT2D eigenvalue weighted by Gasteiger charge is 2.42.